The molecule has 0 aliphatic heterocycles. The Morgan fingerprint density at radius 2 is 2.00 bits per heavy atom. The number of ether oxygens (including phenoxy) is 1. The third kappa shape index (κ3) is 4.55. The fourth-order valence-corrected chi connectivity index (χ4v) is 1.71. The summed E-state index contributed by atoms with van der Waals surface area (Å²) in [6, 6.07) is 2.81. The summed E-state index contributed by atoms with van der Waals surface area (Å²) in [5.74, 6) is -1.01. The van der Waals surface area contributed by atoms with E-state index in [1.54, 1.807) is 19.9 Å². The lowest BCUT2D eigenvalue weighted by Crippen LogP contribution is -2.31. The van der Waals surface area contributed by atoms with Gasteiger partial charge >= 0.3 is 12.0 Å². The highest BCUT2D eigenvalue weighted by Gasteiger charge is 2.12. The van der Waals surface area contributed by atoms with Crippen molar-refractivity contribution in [3.63, 3.8) is 0 Å². The molecule has 0 fully saturated rings. The number of carbonyl (C=O) groups excluding carboxylic acids is 1. The molecule has 0 unspecified atom stereocenters. The van der Waals surface area contributed by atoms with Crippen LogP contribution in [0.1, 0.15) is 28.4 Å². The number of aromatic carboxylic acids is 1. The number of amides is 2. The molecule has 20 heavy (non-hydrogen) atoms. The van der Waals surface area contributed by atoms with Crippen LogP contribution in [0.25, 0.3) is 0 Å². The molecule has 110 valence electrons. The number of urea groups is 1. The van der Waals surface area contributed by atoms with E-state index in [-0.39, 0.29) is 11.6 Å². The summed E-state index contributed by atoms with van der Waals surface area (Å²) < 4.78 is 5.10. The lowest BCUT2D eigenvalue weighted by atomic mass is 10.0. The van der Waals surface area contributed by atoms with Crippen molar-refractivity contribution in [3.8, 4) is 0 Å². The van der Waals surface area contributed by atoms with E-state index in [2.05, 4.69) is 10.6 Å². The fraction of sp³-hybridized carbons (Fsp3) is 0.429. The van der Waals surface area contributed by atoms with Crippen molar-refractivity contribution in [3.05, 3.63) is 28.8 Å². The van der Waals surface area contributed by atoms with Crippen molar-refractivity contribution in [2.24, 2.45) is 0 Å². The number of carbonyl (C=O) groups is 2. The van der Waals surface area contributed by atoms with E-state index in [4.69, 9.17) is 9.84 Å². The highest BCUT2D eigenvalue weighted by Crippen LogP contribution is 2.19. The molecule has 1 rings (SSSR count). The molecule has 2 amide bonds. The number of benzene rings is 1. The molecule has 6 heteroatoms. The first-order chi connectivity index (χ1) is 9.45. The number of carboxylic acid groups (broad SMARTS) is 1. The second-order valence-electron chi connectivity index (χ2n) is 4.35. The molecule has 0 heterocycles. The summed E-state index contributed by atoms with van der Waals surface area (Å²) >= 11 is 0. The first-order valence-electron chi connectivity index (χ1n) is 6.42. The Kier molecular flexibility index (Phi) is 5.99. The molecule has 0 aliphatic carbocycles. The molecule has 0 bridgehead atoms. The van der Waals surface area contributed by atoms with Crippen molar-refractivity contribution in [2.75, 3.05) is 25.1 Å². The number of hydrogen-bond acceptors (Lipinski definition) is 3. The Labute approximate surface area is 118 Å². The van der Waals surface area contributed by atoms with Gasteiger partial charge in [0, 0.05) is 18.8 Å². The van der Waals surface area contributed by atoms with Gasteiger partial charge in [0.05, 0.1) is 12.2 Å². The van der Waals surface area contributed by atoms with Gasteiger partial charge in [-0.15, -0.1) is 0 Å². The smallest absolute Gasteiger partial charge is 0.336 e. The van der Waals surface area contributed by atoms with Gasteiger partial charge in [-0.05, 0) is 44.0 Å². The SMILES string of the molecule is CCOCCNC(=O)Nc1cc(C)c(C)c(C(=O)O)c1. The number of nitrogens with one attached hydrogen (secondary N) is 2. The Balaban J connectivity index is 2.68. The van der Waals surface area contributed by atoms with Crippen molar-refractivity contribution < 1.29 is 19.4 Å². The van der Waals surface area contributed by atoms with Gasteiger partial charge in [-0.25, -0.2) is 9.59 Å². The van der Waals surface area contributed by atoms with Crippen LogP contribution in [0.15, 0.2) is 12.1 Å². The average molecular weight is 280 g/mol. The van der Waals surface area contributed by atoms with Crippen molar-refractivity contribution in [1.29, 1.82) is 0 Å². The van der Waals surface area contributed by atoms with Crippen LogP contribution in [-0.4, -0.2) is 36.9 Å². The van der Waals surface area contributed by atoms with Crippen LogP contribution in [0.5, 0.6) is 0 Å². The molecule has 0 saturated carbocycles. The van der Waals surface area contributed by atoms with Crippen LogP contribution in [0.3, 0.4) is 0 Å². The quantitative estimate of drug-likeness (QED) is 0.697. The van der Waals surface area contributed by atoms with Crippen LogP contribution in [0.4, 0.5) is 10.5 Å². The van der Waals surface area contributed by atoms with Crippen LogP contribution in [0.2, 0.25) is 0 Å². The zero-order valence-electron chi connectivity index (χ0n) is 11.9. The standard InChI is InChI=1S/C14H20N2O4/c1-4-20-6-5-15-14(19)16-11-7-9(2)10(3)12(8-11)13(17)18/h7-8H,4-6H2,1-3H3,(H,17,18)(H2,15,16,19). The zero-order valence-corrected chi connectivity index (χ0v) is 11.9. The van der Waals surface area contributed by atoms with Crippen LogP contribution < -0.4 is 10.6 Å². The maximum absolute atomic E-state index is 11.6. The topological polar surface area (TPSA) is 87.7 Å². The van der Waals surface area contributed by atoms with Gasteiger partial charge in [-0.3, -0.25) is 0 Å². The van der Waals surface area contributed by atoms with E-state index >= 15 is 0 Å². The molecule has 0 radical (unpaired) electrons. The average Bonchev–Trinajstić information content (AvgIpc) is 2.38. The molecule has 3 N–H and O–H groups in total. The monoisotopic (exact) mass is 280 g/mol. The number of rotatable bonds is 6. The Bertz CT molecular complexity index is 500. The van der Waals surface area contributed by atoms with Gasteiger partial charge < -0.3 is 20.5 Å². The van der Waals surface area contributed by atoms with Gasteiger partial charge in [-0.2, -0.15) is 0 Å². The molecule has 0 spiro atoms. The number of anilines is 1. The summed E-state index contributed by atoms with van der Waals surface area (Å²) in [7, 11) is 0. The lowest BCUT2D eigenvalue weighted by molar-refractivity contribution is 0.0696. The molecule has 0 atom stereocenters. The van der Waals surface area contributed by atoms with E-state index in [1.165, 1.54) is 6.07 Å². The second-order valence-corrected chi connectivity index (χ2v) is 4.35. The largest absolute Gasteiger partial charge is 0.478 e. The van der Waals surface area contributed by atoms with Crippen LogP contribution >= 0.6 is 0 Å². The Morgan fingerprint density at radius 1 is 1.30 bits per heavy atom. The van der Waals surface area contributed by atoms with E-state index in [0.29, 0.717) is 31.0 Å². The van der Waals surface area contributed by atoms with Crippen molar-refractivity contribution >= 4 is 17.7 Å². The highest BCUT2D eigenvalue weighted by atomic mass is 16.5. The highest BCUT2D eigenvalue weighted by molar-refractivity contribution is 5.94. The molecule has 1 aromatic rings. The first kappa shape index (κ1) is 16.0. The van der Waals surface area contributed by atoms with E-state index < -0.39 is 5.97 Å². The summed E-state index contributed by atoms with van der Waals surface area (Å²) in [6.07, 6.45) is 0. The molecule has 0 aliphatic rings. The van der Waals surface area contributed by atoms with Gasteiger partial charge in [0.15, 0.2) is 0 Å². The molecular formula is C14H20N2O4. The van der Waals surface area contributed by atoms with Crippen LogP contribution in [-0.2, 0) is 4.74 Å². The van der Waals surface area contributed by atoms with Crippen molar-refractivity contribution in [1.82, 2.24) is 5.32 Å². The van der Waals surface area contributed by atoms with Gasteiger partial charge in [-0.1, -0.05) is 0 Å². The summed E-state index contributed by atoms with van der Waals surface area (Å²) in [6.45, 7) is 6.86. The van der Waals surface area contributed by atoms with E-state index in [1.807, 2.05) is 6.92 Å². The van der Waals surface area contributed by atoms with Crippen LogP contribution in [0, 0.1) is 13.8 Å². The Morgan fingerprint density at radius 3 is 2.60 bits per heavy atom. The molecular weight excluding hydrogens is 260 g/mol. The predicted molar refractivity (Wildman–Crippen MR) is 76.4 cm³/mol. The molecule has 0 aromatic heterocycles. The summed E-state index contributed by atoms with van der Waals surface area (Å²) in [5, 5.41) is 14.3. The zero-order chi connectivity index (χ0) is 15.1. The molecule has 6 nitrogen and oxygen atoms in total. The number of aryl methyl sites for hydroxylation is 1. The predicted octanol–water partition coefficient (Wildman–Crippen LogP) is 2.16. The maximum atomic E-state index is 11.6. The first-order valence-corrected chi connectivity index (χ1v) is 6.42. The minimum absolute atomic E-state index is 0.189. The van der Waals surface area contributed by atoms with E-state index in [9.17, 15) is 9.59 Å². The third-order valence-corrected chi connectivity index (χ3v) is 2.89. The Hall–Kier alpha value is -2.08. The number of carboxylic acids is 1. The van der Waals surface area contributed by atoms with Gasteiger partial charge in [0.1, 0.15) is 0 Å². The minimum Gasteiger partial charge on any atom is -0.478 e. The van der Waals surface area contributed by atoms with Gasteiger partial charge in [0.2, 0.25) is 0 Å². The lowest BCUT2D eigenvalue weighted by Gasteiger charge is -2.11. The minimum atomic E-state index is -1.01. The van der Waals surface area contributed by atoms with Crippen molar-refractivity contribution in [2.45, 2.75) is 20.8 Å². The van der Waals surface area contributed by atoms with Gasteiger partial charge in [0.25, 0.3) is 0 Å². The summed E-state index contributed by atoms with van der Waals surface area (Å²) in [4.78, 5) is 22.7. The third-order valence-electron chi connectivity index (χ3n) is 2.89. The van der Waals surface area contributed by atoms with E-state index in [0.717, 1.165) is 5.56 Å². The molecule has 0 saturated heterocycles. The summed E-state index contributed by atoms with van der Waals surface area (Å²) in [5.41, 5.74) is 2.16. The fourth-order valence-electron chi connectivity index (χ4n) is 1.71. The molecule has 1 aromatic carbocycles. The normalized spacial score (nSPS) is 10.2. The second kappa shape index (κ2) is 7.49. The number of hydrogen-bond donors (Lipinski definition) is 3. The maximum Gasteiger partial charge on any atom is 0.336 e.